The Morgan fingerprint density at radius 3 is 2.82 bits per heavy atom. The van der Waals surface area contributed by atoms with E-state index in [1.54, 1.807) is 13.0 Å². The lowest BCUT2D eigenvalue weighted by Crippen LogP contribution is -2.45. The number of pyridine rings is 1. The molecule has 0 saturated heterocycles. The summed E-state index contributed by atoms with van der Waals surface area (Å²) >= 11 is 0. The summed E-state index contributed by atoms with van der Waals surface area (Å²) < 4.78 is 0. The third kappa shape index (κ3) is 3.58. The number of hydrogen-bond acceptors (Lipinski definition) is 4. The number of nitriles is 1. The number of carbonyl (C=O) groups is 2. The minimum absolute atomic E-state index is 0.179. The normalized spacial score (nSPS) is 13.1. The van der Waals surface area contributed by atoms with Crippen LogP contribution in [0, 0.1) is 17.2 Å². The van der Waals surface area contributed by atoms with Crippen molar-refractivity contribution in [1.29, 1.82) is 5.26 Å². The van der Waals surface area contributed by atoms with Gasteiger partial charge in [0.15, 0.2) is 0 Å². The standard InChI is InChI=1S/C16H16N4O2/c1-10(8-17)6-14(15(18)21)20-16(22)12-7-11-4-2-3-5-13(11)19-9-12/h2-5,7,9-10,14H,6H2,1H3,(H2,18,21)(H,20,22)/t10-,14-/m0/s1. The van der Waals surface area contributed by atoms with Crippen molar-refractivity contribution in [3.63, 3.8) is 0 Å². The lowest BCUT2D eigenvalue weighted by atomic mass is 10.0. The fraction of sp³-hybridized carbons (Fsp3) is 0.250. The molecule has 0 aliphatic carbocycles. The van der Waals surface area contributed by atoms with Crippen LogP contribution in [0.3, 0.4) is 0 Å². The number of nitrogens with one attached hydrogen (secondary N) is 1. The highest BCUT2D eigenvalue weighted by molar-refractivity contribution is 5.99. The number of aromatic nitrogens is 1. The molecule has 0 fully saturated rings. The van der Waals surface area contributed by atoms with Crippen LogP contribution in [0.2, 0.25) is 0 Å². The number of nitrogens with zero attached hydrogens (tertiary/aromatic N) is 2. The van der Waals surface area contributed by atoms with E-state index in [9.17, 15) is 9.59 Å². The summed E-state index contributed by atoms with van der Waals surface area (Å²) in [6, 6.07) is 10.2. The summed E-state index contributed by atoms with van der Waals surface area (Å²) in [6.07, 6.45) is 1.63. The molecule has 1 heterocycles. The number of amides is 2. The highest BCUT2D eigenvalue weighted by Gasteiger charge is 2.21. The molecule has 0 radical (unpaired) electrons. The Morgan fingerprint density at radius 2 is 2.14 bits per heavy atom. The summed E-state index contributed by atoms with van der Waals surface area (Å²) in [5, 5.41) is 12.2. The first-order valence-corrected chi connectivity index (χ1v) is 6.86. The van der Waals surface area contributed by atoms with Gasteiger partial charge in [0, 0.05) is 17.5 Å². The van der Waals surface area contributed by atoms with E-state index in [1.807, 2.05) is 30.3 Å². The molecule has 0 saturated carbocycles. The highest BCUT2D eigenvalue weighted by atomic mass is 16.2. The number of fused-ring (bicyclic) bond motifs is 1. The van der Waals surface area contributed by atoms with Gasteiger partial charge in [-0.1, -0.05) is 18.2 Å². The van der Waals surface area contributed by atoms with Gasteiger partial charge in [-0.3, -0.25) is 14.6 Å². The molecule has 2 rings (SSSR count). The number of hydrogen-bond donors (Lipinski definition) is 2. The topological polar surface area (TPSA) is 109 Å². The van der Waals surface area contributed by atoms with Crippen LogP contribution in [-0.2, 0) is 4.79 Å². The maximum atomic E-state index is 12.2. The molecule has 1 aromatic carbocycles. The van der Waals surface area contributed by atoms with Crippen molar-refractivity contribution in [3.8, 4) is 6.07 Å². The molecule has 6 nitrogen and oxygen atoms in total. The lowest BCUT2D eigenvalue weighted by molar-refractivity contribution is -0.120. The van der Waals surface area contributed by atoms with Crippen molar-refractivity contribution in [2.24, 2.45) is 11.7 Å². The second-order valence-corrected chi connectivity index (χ2v) is 5.11. The molecule has 112 valence electrons. The van der Waals surface area contributed by atoms with Crippen molar-refractivity contribution in [1.82, 2.24) is 10.3 Å². The molecule has 2 aromatic rings. The van der Waals surface area contributed by atoms with Gasteiger partial charge >= 0.3 is 0 Å². The monoisotopic (exact) mass is 296 g/mol. The molecular weight excluding hydrogens is 280 g/mol. The summed E-state index contributed by atoms with van der Waals surface area (Å²) in [5.41, 5.74) is 6.40. The number of carbonyl (C=O) groups excluding carboxylic acids is 2. The SMILES string of the molecule is C[C@H](C#N)C[C@H](NC(=O)c1cnc2ccccc2c1)C(N)=O. The van der Waals surface area contributed by atoms with Gasteiger partial charge in [-0.05, 0) is 25.5 Å². The van der Waals surface area contributed by atoms with E-state index in [1.165, 1.54) is 6.20 Å². The highest BCUT2D eigenvalue weighted by Crippen LogP contribution is 2.13. The quantitative estimate of drug-likeness (QED) is 0.868. The summed E-state index contributed by atoms with van der Waals surface area (Å²) in [4.78, 5) is 27.8. The van der Waals surface area contributed by atoms with E-state index in [4.69, 9.17) is 11.0 Å². The maximum absolute atomic E-state index is 12.2. The number of nitrogens with two attached hydrogens (primary N) is 1. The van der Waals surface area contributed by atoms with Gasteiger partial charge in [0.1, 0.15) is 6.04 Å². The van der Waals surface area contributed by atoms with Crippen molar-refractivity contribution < 1.29 is 9.59 Å². The molecule has 0 aliphatic heterocycles. The Hall–Kier alpha value is -2.94. The third-order valence-corrected chi connectivity index (χ3v) is 3.31. The average molecular weight is 296 g/mol. The molecule has 2 amide bonds. The smallest absolute Gasteiger partial charge is 0.253 e. The minimum atomic E-state index is -0.881. The fourth-order valence-corrected chi connectivity index (χ4v) is 2.09. The van der Waals surface area contributed by atoms with Crippen LogP contribution in [0.25, 0.3) is 10.9 Å². The largest absolute Gasteiger partial charge is 0.368 e. The van der Waals surface area contributed by atoms with Gasteiger partial charge in [0.25, 0.3) is 5.91 Å². The molecule has 6 heteroatoms. The van der Waals surface area contributed by atoms with Crippen molar-refractivity contribution >= 4 is 22.7 Å². The van der Waals surface area contributed by atoms with Crippen LogP contribution in [0.5, 0.6) is 0 Å². The maximum Gasteiger partial charge on any atom is 0.253 e. The lowest BCUT2D eigenvalue weighted by Gasteiger charge is -2.16. The zero-order valence-electron chi connectivity index (χ0n) is 12.1. The number of primary amides is 1. The van der Waals surface area contributed by atoms with Crippen LogP contribution in [0.15, 0.2) is 36.5 Å². The van der Waals surface area contributed by atoms with E-state index < -0.39 is 17.9 Å². The molecule has 1 aromatic heterocycles. The molecule has 0 bridgehead atoms. The Bertz CT molecular complexity index is 751. The van der Waals surface area contributed by atoms with Crippen LogP contribution in [0.1, 0.15) is 23.7 Å². The van der Waals surface area contributed by atoms with Crippen molar-refractivity contribution in [2.75, 3.05) is 0 Å². The predicted molar refractivity (Wildman–Crippen MR) is 81.6 cm³/mol. The average Bonchev–Trinajstić information content (AvgIpc) is 2.53. The van der Waals surface area contributed by atoms with Gasteiger partial charge in [0.2, 0.25) is 5.91 Å². The second-order valence-electron chi connectivity index (χ2n) is 5.11. The van der Waals surface area contributed by atoms with Gasteiger partial charge in [-0.2, -0.15) is 5.26 Å². The second kappa shape index (κ2) is 6.68. The Labute approximate surface area is 127 Å². The Balaban J connectivity index is 2.18. The Morgan fingerprint density at radius 1 is 1.41 bits per heavy atom. The number of rotatable bonds is 5. The van der Waals surface area contributed by atoms with Crippen LogP contribution < -0.4 is 11.1 Å². The minimum Gasteiger partial charge on any atom is -0.368 e. The van der Waals surface area contributed by atoms with Crippen LogP contribution in [0.4, 0.5) is 0 Å². The molecular formula is C16H16N4O2. The van der Waals surface area contributed by atoms with Crippen molar-refractivity contribution in [3.05, 3.63) is 42.1 Å². The van der Waals surface area contributed by atoms with Crippen molar-refractivity contribution in [2.45, 2.75) is 19.4 Å². The molecule has 3 N–H and O–H groups in total. The first kappa shape index (κ1) is 15.4. The van der Waals surface area contributed by atoms with Gasteiger partial charge in [0.05, 0.1) is 17.1 Å². The first-order chi connectivity index (χ1) is 10.5. The number of para-hydroxylation sites is 1. The third-order valence-electron chi connectivity index (χ3n) is 3.31. The fourth-order valence-electron chi connectivity index (χ4n) is 2.09. The summed E-state index contributed by atoms with van der Waals surface area (Å²) in [7, 11) is 0. The van der Waals surface area contributed by atoms with Crippen LogP contribution >= 0.6 is 0 Å². The van der Waals surface area contributed by atoms with E-state index in [0.29, 0.717) is 5.56 Å². The van der Waals surface area contributed by atoms with E-state index >= 15 is 0 Å². The molecule has 2 atom stereocenters. The molecule has 22 heavy (non-hydrogen) atoms. The Kier molecular flexibility index (Phi) is 4.69. The molecule has 0 unspecified atom stereocenters. The number of benzene rings is 1. The molecule has 0 aliphatic rings. The van der Waals surface area contributed by atoms with Crippen LogP contribution in [-0.4, -0.2) is 22.8 Å². The van der Waals surface area contributed by atoms with Gasteiger partial charge in [-0.15, -0.1) is 0 Å². The van der Waals surface area contributed by atoms with E-state index in [2.05, 4.69) is 10.3 Å². The zero-order chi connectivity index (χ0) is 16.1. The van der Waals surface area contributed by atoms with E-state index in [-0.39, 0.29) is 12.3 Å². The van der Waals surface area contributed by atoms with Gasteiger partial charge < -0.3 is 11.1 Å². The zero-order valence-corrected chi connectivity index (χ0v) is 12.1. The first-order valence-electron chi connectivity index (χ1n) is 6.86. The predicted octanol–water partition coefficient (Wildman–Crippen LogP) is 1.37. The van der Waals surface area contributed by atoms with E-state index in [0.717, 1.165) is 10.9 Å². The van der Waals surface area contributed by atoms with Gasteiger partial charge in [-0.25, -0.2) is 0 Å². The summed E-state index contributed by atoms with van der Waals surface area (Å²) in [5.74, 6) is -1.48. The summed E-state index contributed by atoms with van der Waals surface area (Å²) in [6.45, 7) is 1.67. The molecule has 0 spiro atoms.